The van der Waals surface area contributed by atoms with Gasteiger partial charge in [0.2, 0.25) is 0 Å². The third kappa shape index (κ3) is 3.90. The van der Waals surface area contributed by atoms with Crippen molar-refractivity contribution >= 4 is 22.8 Å². The molecule has 0 bridgehead atoms. The van der Waals surface area contributed by atoms with Crippen LogP contribution >= 0.6 is 0 Å². The van der Waals surface area contributed by atoms with Crippen LogP contribution in [0.4, 0.5) is 17.6 Å². The standard InChI is InChI=1S/C22H18F4N2O2/c1-4-20-27-18-11-17(23)14(9-8-12(2)29)10-15(18)21(30)28(20)19-7-5-6-16(13(19)3)22(24,25)26/h5-11H,4H2,1-3H3/b9-8+. The first-order chi connectivity index (χ1) is 14.0. The van der Waals surface area contributed by atoms with Crippen molar-refractivity contribution in [3.8, 4) is 5.69 Å². The second-order valence-electron chi connectivity index (χ2n) is 6.80. The van der Waals surface area contributed by atoms with Crippen molar-refractivity contribution in [2.24, 2.45) is 0 Å². The van der Waals surface area contributed by atoms with E-state index >= 15 is 0 Å². The molecule has 3 aromatic rings. The van der Waals surface area contributed by atoms with E-state index in [1.807, 2.05) is 0 Å². The summed E-state index contributed by atoms with van der Waals surface area (Å²) in [6, 6.07) is 5.92. The molecule has 0 radical (unpaired) electrons. The molecule has 0 spiro atoms. The average Bonchev–Trinajstić information content (AvgIpc) is 2.66. The van der Waals surface area contributed by atoms with Gasteiger partial charge in [0.1, 0.15) is 11.6 Å². The van der Waals surface area contributed by atoms with Crippen molar-refractivity contribution in [3.05, 3.63) is 75.1 Å². The number of hydrogen-bond donors (Lipinski definition) is 0. The zero-order chi connectivity index (χ0) is 22.2. The van der Waals surface area contributed by atoms with E-state index in [2.05, 4.69) is 4.98 Å². The van der Waals surface area contributed by atoms with Crippen LogP contribution in [0.2, 0.25) is 0 Å². The van der Waals surface area contributed by atoms with Gasteiger partial charge in [0.25, 0.3) is 5.56 Å². The van der Waals surface area contributed by atoms with Gasteiger partial charge in [0.05, 0.1) is 22.2 Å². The summed E-state index contributed by atoms with van der Waals surface area (Å²) >= 11 is 0. The number of hydrogen-bond acceptors (Lipinski definition) is 3. The van der Waals surface area contributed by atoms with Gasteiger partial charge in [-0.3, -0.25) is 14.2 Å². The van der Waals surface area contributed by atoms with Crippen LogP contribution in [0.25, 0.3) is 22.7 Å². The third-order valence-electron chi connectivity index (χ3n) is 4.72. The average molecular weight is 418 g/mol. The summed E-state index contributed by atoms with van der Waals surface area (Å²) in [7, 11) is 0. The lowest BCUT2D eigenvalue weighted by Crippen LogP contribution is -2.25. The maximum atomic E-state index is 14.4. The van der Waals surface area contributed by atoms with Crippen LogP contribution in [0, 0.1) is 12.7 Å². The molecule has 0 saturated carbocycles. The second-order valence-corrected chi connectivity index (χ2v) is 6.80. The summed E-state index contributed by atoms with van der Waals surface area (Å²) in [5.41, 5.74) is -1.41. The highest BCUT2D eigenvalue weighted by molar-refractivity contribution is 5.92. The van der Waals surface area contributed by atoms with Gasteiger partial charge in [-0.15, -0.1) is 0 Å². The normalized spacial score (nSPS) is 12.1. The third-order valence-corrected chi connectivity index (χ3v) is 4.72. The van der Waals surface area contributed by atoms with Crippen molar-refractivity contribution in [1.82, 2.24) is 9.55 Å². The van der Waals surface area contributed by atoms with Gasteiger partial charge >= 0.3 is 6.18 Å². The molecular weight excluding hydrogens is 400 g/mol. The topological polar surface area (TPSA) is 52.0 Å². The number of alkyl halides is 3. The Morgan fingerprint density at radius 3 is 2.53 bits per heavy atom. The summed E-state index contributed by atoms with van der Waals surface area (Å²) in [4.78, 5) is 28.7. The summed E-state index contributed by atoms with van der Waals surface area (Å²) in [6.45, 7) is 4.29. The number of carbonyl (C=O) groups is 1. The Kier molecular flexibility index (Phi) is 5.61. The molecule has 1 aromatic heterocycles. The second kappa shape index (κ2) is 7.85. The molecular formula is C22H18F4N2O2. The van der Waals surface area contributed by atoms with E-state index in [1.165, 1.54) is 38.1 Å². The van der Waals surface area contributed by atoms with Crippen LogP contribution in [0.15, 0.2) is 41.2 Å². The number of benzene rings is 2. The van der Waals surface area contributed by atoms with E-state index in [9.17, 15) is 27.2 Å². The summed E-state index contributed by atoms with van der Waals surface area (Å²) in [6.07, 6.45) is -1.93. The maximum absolute atomic E-state index is 14.4. The Balaban J connectivity index is 2.36. The predicted molar refractivity (Wildman–Crippen MR) is 106 cm³/mol. The highest BCUT2D eigenvalue weighted by Crippen LogP contribution is 2.34. The van der Waals surface area contributed by atoms with Gasteiger partial charge < -0.3 is 0 Å². The molecule has 156 valence electrons. The quantitative estimate of drug-likeness (QED) is 0.442. The van der Waals surface area contributed by atoms with E-state index in [-0.39, 0.29) is 45.7 Å². The number of nitrogens with zero attached hydrogens (tertiary/aromatic N) is 2. The summed E-state index contributed by atoms with van der Waals surface area (Å²) in [5.74, 6) is -0.755. The molecule has 4 nitrogen and oxygen atoms in total. The number of ketones is 1. The highest BCUT2D eigenvalue weighted by Gasteiger charge is 2.33. The number of carbonyl (C=O) groups excluding carboxylic acids is 1. The highest BCUT2D eigenvalue weighted by atomic mass is 19.4. The van der Waals surface area contributed by atoms with E-state index in [0.717, 1.165) is 22.8 Å². The molecule has 0 aliphatic carbocycles. The lowest BCUT2D eigenvalue weighted by Gasteiger charge is -2.18. The zero-order valence-electron chi connectivity index (χ0n) is 16.5. The SMILES string of the molecule is CCc1nc2cc(F)c(/C=C/C(C)=O)cc2c(=O)n1-c1cccc(C(F)(F)F)c1C. The van der Waals surface area contributed by atoms with E-state index in [0.29, 0.717) is 0 Å². The summed E-state index contributed by atoms with van der Waals surface area (Å²) in [5, 5.41) is 0.0358. The molecule has 0 amide bonds. The van der Waals surface area contributed by atoms with Gasteiger partial charge in [-0.05, 0) is 49.8 Å². The number of aromatic nitrogens is 2. The largest absolute Gasteiger partial charge is 0.416 e. The number of aryl methyl sites for hydroxylation is 1. The zero-order valence-corrected chi connectivity index (χ0v) is 16.5. The number of rotatable bonds is 4. The lowest BCUT2D eigenvalue weighted by atomic mass is 10.1. The van der Waals surface area contributed by atoms with Crippen LogP contribution < -0.4 is 5.56 Å². The minimum absolute atomic E-state index is 0.00756. The van der Waals surface area contributed by atoms with E-state index in [4.69, 9.17) is 0 Å². The molecule has 0 atom stereocenters. The smallest absolute Gasteiger partial charge is 0.295 e. The number of halogens is 4. The lowest BCUT2D eigenvalue weighted by molar-refractivity contribution is -0.138. The molecule has 0 fully saturated rings. The van der Waals surface area contributed by atoms with Gasteiger partial charge in [-0.1, -0.05) is 13.0 Å². The maximum Gasteiger partial charge on any atom is 0.416 e. The first-order valence-electron chi connectivity index (χ1n) is 9.15. The van der Waals surface area contributed by atoms with Crippen molar-refractivity contribution in [3.63, 3.8) is 0 Å². The van der Waals surface area contributed by atoms with Gasteiger partial charge in [0.15, 0.2) is 5.78 Å². The first kappa shape index (κ1) is 21.4. The Morgan fingerprint density at radius 2 is 1.93 bits per heavy atom. The van der Waals surface area contributed by atoms with Crippen LogP contribution in [0.5, 0.6) is 0 Å². The molecule has 3 rings (SSSR count). The molecule has 1 heterocycles. The number of allylic oxidation sites excluding steroid dienone is 1. The molecule has 0 saturated heterocycles. The minimum Gasteiger partial charge on any atom is -0.295 e. The van der Waals surface area contributed by atoms with Crippen molar-refractivity contribution < 1.29 is 22.4 Å². The molecule has 0 N–H and O–H groups in total. The molecule has 2 aromatic carbocycles. The van der Waals surface area contributed by atoms with Gasteiger partial charge in [-0.25, -0.2) is 9.37 Å². The van der Waals surface area contributed by atoms with Gasteiger partial charge in [-0.2, -0.15) is 13.2 Å². The fraction of sp³-hybridized carbons (Fsp3) is 0.227. The molecule has 8 heteroatoms. The minimum atomic E-state index is -4.58. The molecule has 0 aliphatic rings. The predicted octanol–water partition coefficient (Wildman–Crippen LogP) is 5.02. The van der Waals surface area contributed by atoms with Crippen LogP contribution in [0.1, 0.15) is 36.4 Å². The van der Waals surface area contributed by atoms with Crippen molar-refractivity contribution in [2.75, 3.05) is 0 Å². The Morgan fingerprint density at radius 1 is 1.23 bits per heavy atom. The molecule has 0 aliphatic heterocycles. The van der Waals surface area contributed by atoms with Gasteiger partial charge in [0, 0.05) is 18.1 Å². The van der Waals surface area contributed by atoms with E-state index in [1.54, 1.807) is 6.92 Å². The fourth-order valence-electron chi connectivity index (χ4n) is 3.26. The van der Waals surface area contributed by atoms with Crippen molar-refractivity contribution in [2.45, 2.75) is 33.4 Å². The molecule has 0 unspecified atom stereocenters. The van der Waals surface area contributed by atoms with E-state index < -0.39 is 23.1 Å². The van der Waals surface area contributed by atoms with Crippen LogP contribution in [0.3, 0.4) is 0 Å². The van der Waals surface area contributed by atoms with Crippen LogP contribution in [-0.4, -0.2) is 15.3 Å². The Bertz CT molecular complexity index is 1240. The van der Waals surface area contributed by atoms with Crippen molar-refractivity contribution in [1.29, 1.82) is 0 Å². The summed E-state index contributed by atoms with van der Waals surface area (Å²) < 4.78 is 55.5. The Hall–Kier alpha value is -3.29. The molecule has 30 heavy (non-hydrogen) atoms. The fourth-order valence-corrected chi connectivity index (χ4v) is 3.26. The Labute approximate surface area is 169 Å². The monoisotopic (exact) mass is 418 g/mol. The first-order valence-corrected chi connectivity index (χ1v) is 9.15. The number of fused-ring (bicyclic) bond motifs is 1. The van der Waals surface area contributed by atoms with Crippen LogP contribution in [-0.2, 0) is 17.4 Å².